The second-order valence-corrected chi connectivity index (χ2v) is 3.54. The molecule has 1 atom stereocenters. The average molecular weight is 169 g/mol. The molecule has 0 heterocycles. The van der Waals surface area contributed by atoms with Gasteiger partial charge in [0.25, 0.3) is 0 Å². The normalized spacial score (nSPS) is 20.7. The molecule has 0 aliphatic heterocycles. The van der Waals surface area contributed by atoms with E-state index in [9.17, 15) is 0 Å². The maximum atomic E-state index is 5.58. The van der Waals surface area contributed by atoms with E-state index in [1.54, 1.807) is 7.05 Å². The lowest BCUT2D eigenvalue weighted by atomic mass is 10.1. The van der Waals surface area contributed by atoms with Crippen molar-refractivity contribution in [2.75, 3.05) is 7.05 Å². The maximum absolute atomic E-state index is 5.58. The summed E-state index contributed by atoms with van der Waals surface area (Å²) in [6.07, 6.45) is 5.20. The minimum atomic E-state index is 0.529. The fourth-order valence-electron chi connectivity index (χ4n) is 1.36. The van der Waals surface area contributed by atoms with Gasteiger partial charge in [-0.3, -0.25) is 4.99 Å². The van der Waals surface area contributed by atoms with Gasteiger partial charge in [0.05, 0.1) is 0 Å². The summed E-state index contributed by atoms with van der Waals surface area (Å²) >= 11 is 0. The Morgan fingerprint density at radius 1 is 1.67 bits per heavy atom. The summed E-state index contributed by atoms with van der Waals surface area (Å²) in [5.74, 6) is 1.52. The molecule has 1 saturated carbocycles. The molecule has 3 heteroatoms. The topological polar surface area (TPSA) is 50.4 Å². The van der Waals surface area contributed by atoms with E-state index in [2.05, 4.69) is 17.2 Å². The second-order valence-electron chi connectivity index (χ2n) is 3.54. The van der Waals surface area contributed by atoms with Crippen molar-refractivity contribution in [1.29, 1.82) is 0 Å². The van der Waals surface area contributed by atoms with Crippen LogP contribution in [0.4, 0.5) is 0 Å². The Labute approximate surface area is 74.4 Å². The van der Waals surface area contributed by atoms with Gasteiger partial charge < -0.3 is 11.1 Å². The van der Waals surface area contributed by atoms with Gasteiger partial charge >= 0.3 is 0 Å². The van der Waals surface area contributed by atoms with Crippen LogP contribution in [0.1, 0.15) is 32.6 Å². The Morgan fingerprint density at radius 2 is 2.33 bits per heavy atom. The third kappa shape index (κ3) is 3.11. The number of nitrogens with zero attached hydrogens (tertiary/aromatic N) is 1. The Balaban J connectivity index is 2.23. The molecule has 1 aliphatic rings. The average Bonchev–Trinajstić information content (AvgIpc) is 2.86. The zero-order chi connectivity index (χ0) is 8.97. The van der Waals surface area contributed by atoms with Crippen molar-refractivity contribution in [3.8, 4) is 0 Å². The van der Waals surface area contributed by atoms with Gasteiger partial charge in [0.15, 0.2) is 5.96 Å². The molecule has 3 N–H and O–H groups in total. The van der Waals surface area contributed by atoms with Crippen molar-refractivity contribution < 1.29 is 0 Å². The number of rotatable bonds is 4. The van der Waals surface area contributed by atoms with E-state index in [0.29, 0.717) is 12.0 Å². The lowest BCUT2D eigenvalue weighted by Gasteiger charge is -2.16. The molecule has 0 amide bonds. The Kier molecular flexibility index (Phi) is 3.38. The summed E-state index contributed by atoms with van der Waals surface area (Å²) in [5.41, 5.74) is 5.58. The highest BCUT2D eigenvalue weighted by Crippen LogP contribution is 2.33. The van der Waals surface area contributed by atoms with E-state index in [0.717, 1.165) is 12.3 Å². The molecule has 0 aromatic carbocycles. The molecule has 0 spiro atoms. The van der Waals surface area contributed by atoms with E-state index < -0.39 is 0 Å². The summed E-state index contributed by atoms with van der Waals surface area (Å²) in [5, 5.41) is 3.22. The summed E-state index contributed by atoms with van der Waals surface area (Å²) in [7, 11) is 1.71. The van der Waals surface area contributed by atoms with Gasteiger partial charge in [0, 0.05) is 13.1 Å². The van der Waals surface area contributed by atoms with Gasteiger partial charge in [-0.25, -0.2) is 0 Å². The molecular formula is C9H19N3. The van der Waals surface area contributed by atoms with Crippen molar-refractivity contribution in [2.24, 2.45) is 16.6 Å². The predicted octanol–water partition coefficient (Wildman–Crippen LogP) is 1.10. The van der Waals surface area contributed by atoms with E-state index >= 15 is 0 Å². The van der Waals surface area contributed by atoms with Crippen LogP contribution in [0.3, 0.4) is 0 Å². The van der Waals surface area contributed by atoms with E-state index in [1.807, 2.05) is 0 Å². The highest BCUT2D eigenvalue weighted by atomic mass is 15.1. The Bertz CT molecular complexity index is 161. The van der Waals surface area contributed by atoms with E-state index in [4.69, 9.17) is 5.73 Å². The summed E-state index contributed by atoms with van der Waals surface area (Å²) in [4.78, 5) is 3.89. The van der Waals surface area contributed by atoms with Crippen molar-refractivity contribution >= 4 is 5.96 Å². The monoisotopic (exact) mass is 169 g/mol. The number of aliphatic imine (C=N–C) groups is 1. The van der Waals surface area contributed by atoms with E-state index in [1.165, 1.54) is 19.3 Å². The van der Waals surface area contributed by atoms with Crippen LogP contribution in [0, 0.1) is 5.92 Å². The lowest BCUT2D eigenvalue weighted by molar-refractivity contribution is 0.509. The molecule has 3 nitrogen and oxygen atoms in total. The first kappa shape index (κ1) is 9.36. The van der Waals surface area contributed by atoms with Crippen LogP contribution >= 0.6 is 0 Å². The second kappa shape index (κ2) is 4.33. The molecule has 0 aromatic heterocycles. The molecule has 1 fully saturated rings. The standard InChI is InChI=1S/C9H19N3/c1-3-8(6-7-4-5-7)12-9(10)11-2/h7-8H,3-6H2,1-2H3,(H3,10,11,12). The number of hydrogen-bond acceptors (Lipinski definition) is 1. The van der Waals surface area contributed by atoms with Crippen LogP contribution in [-0.4, -0.2) is 19.0 Å². The largest absolute Gasteiger partial charge is 0.370 e. The van der Waals surface area contributed by atoms with Gasteiger partial charge in [-0.15, -0.1) is 0 Å². The SMILES string of the molecule is CCC(CC1CC1)NC(N)=NC. The maximum Gasteiger partial charge on any atom is 0.188 e. The molecule has 0 saturated heterocycles. The third-order valence-corrected chi connectivity index (χ3v) is 2.40. The lowest BCUT2D eigenvalue weighted by Crippen LogP contribution is -2.39. The minimum absolute atomic E-state index is 0.529. The van der Waals surface area contributed by atoms with Crippen molar-refractivity contribution in [1.82, 2.24) is 5.32 Å². The van der Waals surface area contributed by atoms with Crippen molar-refractivity contribution in [3.63, 3.8) is 0 Å². The fraction of sp³-hybridized carbons (Fsp3) is 0.889. The van der Waals surface area contributed by atoms with Crippen LogP contribution < -0.4 is 11.1 Å². The first-order chi connectivity index (χ1) is 5.76. The number of nitrogens with two attached hydrogens (primary N) is 1. The smallest absolute Gasteiger partial charge is 0.188 e. The first-order valence-corrected chi connectivity index (χ1v) is 4.75. The van der Waals surface area contributed by atoms with Crippen LogP contribution in [0.25, 0.3) is 0 Å². The third-order valence-electron chi connectivity index (χ3n) is 2.40. The predicted molar refractivity (Wildman–Crippen MR) is 52.1 cm³/mol. The molecule has 70 valence electrons. The summed E-state index contributed by atoms with van der Waals surface area (Å²) < 4.78 is 0. The molecular weight excluding hydrogens is 150 g/mol. The van der Waals surface area contributed by atoms with E-state index in [-0.39, 0.29) is 0 Å². The van der Waals surface area contributed by atoms with Crippen LogP contribution in [0.5, 0.6) is 0 Å². The quantitative estimate of drug-likeness (QED) is 0.489. The molecule has 1 aliphatic carbocycles. The number of hydrogen-bond donors (Lipinski definition) is 2. The fourth-order valence-corrected chi connectivity index (χ4v) is 1.36. The van der Waals surface area contributed by atoms with Crippen molar-refractivity contribution in [3.05, 3.63) is 0 Å². The Morgan fingerprint density at radius 3 is 2.75 bits per heavy atom. The minimum Gasteiger partial charge on any atom is -0.370 e. The molecule has 0 bridgehead atoms. The van der Waals surface area contributed by atoms with Gasteiger partial charge in [-0.1, -0.05) is 19.8 Å². The highest BCUT2D eigenvalue weighted by Gasteiger charge is 2.24. The zero-order valence-electron chi connectivity index (χ0n) is 8.01. The van der Waals surface area contributed by atoms with Crippen LogP contribution in [-0.2, 0) is 0 Å². The molecule has 1 unspecified atom stereocenters. The van der Waals surface area contributed by atoms with Gasteiger partial charge in [0.2, 0.25) is 0 Å². The van der Waals surface area contributed by atoms with Gasteiger partial charge in [-0.2, -0.15) is 0 Å². The zero-order valence-corrected chi connectivity index (χ0v) is 8.01. The Hall–Kier alpha value is -0.730. The molecule has 0 radical (unpaired) electrons. The van der Waals surface area contributed by atoms with Crippen molar-refractivity contribution in [2.45, 2.75) is 38.6 Å². The number of nitrogens with one attached hydrogen (secondary N) is 1. The van der Waals surface area contributed by atoms with Gasteiger partial charge in [0.1, 0.15) is 0 Å². The first-order valence-electron chi connectivity index (χ1n) is 4.75. The van der Waals surface area contributed by atoms with Crippen LogP contribution in [0.2, 0.25) is 0 Å². The summed E-state index contributed by atoms with van der Waals surface area (Å²) in [6.45, 7) is 2.18. The van der Waals surface area contributed by atoms with Crippen LogP contribution in [0.15, 0.2) is 4.99 Å². The summed E-state index contributed by atoms with van der Waals surface area (Å²) in [6, 6.07) is 0.529. The highest BCUT2D eigenvalue weighted by molar-refractivity contribution is 5.77. The molecule has 12 heavy (non-hydrogen) atoms. The molecule has 1 rings (SSSR count). The van der Waals surface area contributed by atoms with Gasteiger partial charge in [-0.05, 0) is 18.8 Å². The molecule has 0 aromatic rings. The number of guanidine groups is 1.